The maximum Gasteiger partial charge on any atom is 0.252 e. The first-order valence-electron chi connectivity index (χ1n) is 7.29. The molecule has 1 heterocycles. The summed E-state index contributed by atoms with van der Waals surface area (Å²) in [5.74, 6) is 0.600. The van der Waals surface area contributed by atoms with Crippen LogP contribution in [-0.4, -0.2) is 32.1 Å². The molecule has 0 radical (unpaired) electrons. The van der Waals surface area contributed by atoms with Gasteiger partial charge in [0, 0.05) is 17.1 Å². The van der Waals surface area contributed by atoms with Crippen LogP contribution >= 0.6 is 28.3 Å². The van der Waals surface area contributed by atoms with E-state index >= 15 is 0 Å². The van der Waals surface area contributed by atoms with Gasteiger partial charge in [-0.3, -0.25) is 4.79 Å². The number of nitrogens with one attached hydrogen (secondary N) is 2. The van der Waals surface area contributed by atoms with Crippen LogP contribution in [0.3, 0.4) is 0 Å². The summed E-state index contributed by atoms with van der Waals surface area (Å²) in [6.45, 7) is 6.15. The molecule has 4 nitrogen and oxygen atoms in total. The van der Waals surface area contributed by atoms with Crippen LogP contribution in [0, 0.1) is 5.41 Å². The van der Waals surface area contributed by atoms with Crippen molar-refractivity contribution in [3.63, 3.8) is 0 Å². The van der Waals surface area contributed by atoms with Crippen molar-refractivity contribution in [2.24, 2.45) is 5.41 Å². The lowest BCUT2D eigenvalue weighted by Crippen LogP contribution is -2.52. The van der Waals surface area contributed by atoms with E-state index in [1.807, 2.05) is 12.1 Å². The van der Waals surface area contributed by atoms with Crippen molar-refractivity contribution >= 4 is 34.2 Å². The minimum Gasteiger partial charge on any atom is -0.497 e. The zero-order valence-corrected chi connectivity index (χ0v) is 15.6. The lowest BCUT2D eigenvalue weighted by atomic mass is 9.77. The normalized spacial score (nSPS) is 19.9. The van der Waals surface area contributed by atoms with Gasteiger partial charge in [-0.1, -0.05) is 13.8 Å². The largest absolute Gasteiger partial charge is 0.497 e. The Bertz CT molecular complexity index is 523. The quantitative estimate of drug-likeness (QED) is 0.827. The van der Waals surface area contributed by atoms with Crippen LogP contribution in [0.25, 0.3) is 0 Å². The van der Waals surface area contributed by atoms with E-state index in [2.05, 4.69) is 40.4 Å². The molecule has 0 aliphatic carbocycles. The second-order valence-electron chi connectivity index (χ2n) is 6.15. The first-order chi connectivity index (χ1) is 9.94. The third kappa shape index (κ3) is 4.61. The molecule has 2 N–H and O–H groups in total. The molecular weight excluding hydrogens is 368 g/mol. The topological polar surface area (TPSA) is 50.4 Å². The Morgan fingerprint density at radius 3 is 2.86 bits per heavy atom. The molecule has 1 aromatic rings. The fourth-order valence-electron chi connectivity index (χ4n) is 2.71. The van der Waals surface area contributed by atoms with Crippen molar-refractivity contribution < 1.29 is 9.53 Å². The Kier molecular flexibility index (Phi) is 7.16. The molecule has 1 saturated heterocycles. The van der Waals surface area contributed by atoms with E-state index in [4.69, 9.17) is 4.74 Å². The summed E-state index contributed by atoms with van der Waals surface area (Å²) in [4.78, 5) is 12.4. The fraction of sp³-hybridized carbons (Fsp3) is 0.562. The van der Waals surface area contributed by atoms with Gasteiger partial charge in [-0.15, -0.1) is 12.4 Å². The van der Waals surface area contributed by atoms with Crippen molar-refractivity contribution in [2.45, 2.75) is 32.7 Å². The average Bonchev–Trinajstić information content (AvgIpc) is 2.46. The highest BCUT2D eigenvalue weighted by Gasteiger charge is 2.32. The van der Waals surface area contributed by atoms with Gasteiger partial charge in [-0.2, -0.15) is 0 Å². The third-order valence-electron chi connectivity index (χ3n) is 4.22. The predicted octanol–water partition coefficient (Wildman–Crippen LogP) is 3.39. The zero-order chi connectivity index (χ0) is 15.5. The van der Waals surface area contributed by atoms with Gasteiger partial charge < -0.3 is 15.4 Å². The van der Waals surface area contributed by atoms with Crippen LogP contribution in [0.5, 0.6) is 5.75 Å². The molecule has 0 bridgehead atoms. The van der Waals surface area contributed by atoms with Crippen LogP contribution in [0.2, 0.25) is 0 Å². The zero-order valence-electron chi connectivity index (χ0n) is 13.2. The number of halogens is 2. The number of rotatable bonds is 4. The molecule has 124 valence electrons. The van der Waals surface area contributed by atoms with Crippen LogP contribution in [0.4, 0.5) is 0 Å². The number of methoxy groups -OCH3 is 1. The molecule has 1 aliphatic heterocycles. The van der Waals surface area contributed by atoms with Crippen molar-refractivity contribution in [3.8, 4) is 5.75 Å². The number of ether oxygens (including phenoxy) is 1. The number of carbonyl (C=O) groups is 1. The Morgan fingerprint density at radius 1 is 1.50 bits per heavy atom. The molecule has 1 fully saturated rings. The van der Waals surface area contributed by atoms with E-state index < -0.39 is 0 Å². The molecule has 6 heteroatoms. The second kappa shape index (κ2) is 8.18. The van der Waals surface area contributed by atoms with E-state index in [-0.39, 0.29) is 23.7 Å². The van der Waals surface area contributed by atoms with E-state index in [0.29, 0.717) is 23.9 Å². The average molecular weight is 392 g/mol. The summed E-state index contributed by atoms with van der Waals surface area (Å²) in [7, 11) is 1.60. The van der Waals surface area contributed by atoms with E-state index in [1.54, 1.807) is 13.2 Å². The summed E-state index contributed by atoms with van der Waals surface area (Å²) in [5.41, 5.74) is 0.805. The maximum absolute atomic E-state index is 12.4. The lowest BCUT2D eigenvalue weighted by molar-refractivity contribution is 0.0927. The SMILES string of the molecule is COc1ccc(Br)c(C(=O)NCC2NCCCC2(C)C)c1.Cl. The standard InChI is InChI=1S/C16H23BrN2O2.ClH/c1-16(2)7-4-8-18-14(16)10-19-15(20)12-9-11(21-3)5-6-13(12)17;/h5-6,9,14,18H,4,7-8,10H2,1-3H3,(H,19,20);1H. The van der Waals surface area contributed by atoms with E-state index in [0.717, 1.165) is 11.0 Å². The molecule has 1 aliphatic rings. The first kappa shape index (κ1) is 19.3. The van der Waals surface area contributed by atoms with Crippen molar-refractivity contribution in [1.82, 2.24) is 10.6 Å². The van der Waals surface area contributed by atoms with Gasteiger partial charge in [-0.05, 0) is 58.9 Å². The van der Waals surface area contributed by atoms with Crippen LogP contribution in [0.15, 0.2) is 22.7 Å². The number of amides is 1. The molecule has 0 aromatic heterocycles. The highest BCUT2D eigenvalue weighted by Crippen LogP contribution is 2.29. The number of benzene rings is 1. The summed E-state index contributed by atoms with van der Waals surface area (Å²) in [6.07, 6.45) is 2.38. The lowest BCUT2D eigenvalue weighted by Gasteiger charge is -2.39. The molecule has 2 rings (SSSR count). The maximum atomic E-state index is 12.4. The Balaban J connectivity index is 0.00000242. The van der Waals surface area contributed by atoms with Crippen LogP contribution in [0.1, 0.15) is 37.0 Å². The van der Waals surface area contributed by atoms with Crippen molar-refractivity contribution in [2.75, 3.05) is 20.2 Å². The Hall–Kier alpha value is -0.780. The van der Waals surface area contributed by atoms with Gasteiger partial charge in [0.25, 0.3) is 5.91 Å². The summed E-state index contributed by atoms with van der Waals surface area (Å²) in [6, 6.07) is 5.71. The van der Waals surface area contributed by atoms with E-state index in [9.17, 15) is 4.79 Å². The minimum atomic E-state index is -0.0797. The van der Waals surface area contributed by atoms with Gasteiger partial charge in [0.2, 0.25) is 0 Å². The van der Waals surface area contributed by atoms with Gasteiger partial charge in [0.05, 0.1) is 12.7 Å². The van der Waals surface area contributed by atoms with Crippen molar-refractivity contribution in [1.29, 1.82) is 0 Å². The highest BCUT2D eigenvalue weighted by molar-refractivity contribution is 9.10. The minimum absolute atomic E-state index is 0. The second-order valence-corrected chi connectivity index (χ2v) is 7.01. The molecule has 1 atom stereocenters. The van der Waals surface area contributed by atoms with E-state index in [1.165, 1.54) is 12.8 Å². The molecule has 1 aromatic carbocycles. The molecule has 1 unspecified atom stereocenters. The van der Waals surface area contributed by atoms with Gasteiger partial charge >= 0.3 is 0 Å². The summed E-state index contributed by atoms with van der Waals surface area (Å²) in [5, 5.41) is 6.53. The molecule has 0 spiro atoms. The number of hydrogen-bond donors (Lipinski definition) is 2. The number of piperidine rings is 1. The Labute approximate surface area is 146 Å². The number of hydrogen-bond acceptors (Lipinski definition) is 3. The number of carbonyl (C=O) groups excluding carboxylic acids is 1. The monoisotopic (exact) mass is 390 g/mol. The van der Waals surface area contributed by atoms with Crippen molar-refractivity contribution in [3.05, 3.63) is 28.2 Å². The van der Waals surface area contributed by atoms with Crippen LogP contribution < -0.4 is 15.4 Å². The molecule has 22 heavy (non-hydrogen) atoms. The Morgan fingerprint density at radius 2 is 2.23 bits per heavy atom. The molecule has 1 amide bonds. The van der Waals surface area contributed by atoms with Gasteiger partial charge in [0.15, 0.2) is 0 Å². The van der Waals surface area contributed by atoms with Gasteiger partial charge in [0.1, 0.15) is 5.75 Å². The predicted molar refractivity (Wildman–Crippen MR) is 95.1 cm³/mol. The summed E-state index contributed by atoms with van der Waals surface area (Å²) >= 11 is 3.42. The molecular formula is C16H24BrClN2O2. The molecule has 0 saturated carbocycles. The fourth-order valence-corrected chi connectivity index (χ4v) is 3.14. The van der Waals surface area contributed by atoms with Crippen LogP contribution in [-0.2, 0) is 0 Å². The highest BCUT2D eigenvalue weighted by atomic mass is 79.9. The smallest absolute Gasteiger partial charge is 0.252 e. The summed E-state index contributed by atoms with van der Waals surface area (Å²) < 4.78 is 5.95. The van der Waals surface area contributed by atoms with Gasteiger partial charge in [-0.25, -0.2) is 0 Å². The third-order valence-corrected chi connectivity index (χ3v) is 4.91. The first-order valence-corrected chi connectivity index (χ1v) is 8.08.